The number of hydrogen-bond acceptors (Lipinski definition) is 3. The van der Waals surface area contributed by atoms with E-state index in [1.165, 1.54) is 0 Å². The van der Waals surface area contributed by atoms with Crippen LogP contribution in [0.2, 0.25) is 0 Å². The first-order valence-corrected chi connectivity index (χ1v) is 4.74. The van der Waals surface area contributed by atoms with Crippen molar-refractivity contribution in [3.8, 4) is 0 Å². The van der Waals surface area contributed by atoms with Crippen molar-refractivity contribution in [2.24, 2.45) is 0 Å². The quantitative estimate of drug-likeness (QED) is 0.650. The zero-order chi connectivity index (χ0) is 8.60. The zero-order valence-electron chi connectivity index (χ0n) is 8.21. The molecule has 0 bridgehead atoms. The third kappa shape index (κ3) is 2.56. The summed E-state index contributed by atoms with van der Waals surface area (Å²) < 4.78 is 11.5. The van der Waals surface area contributed by atoms with Gasteiger partial charge in [0.05, 0.1) is 12.2 Å². The van der Waals surface area contributed by atoms with E-state index < -0.39 is 0 Å². The minimum atomic E-state index is -0.354. The van der Waals surface area contributed by atoms with Crippen LogP contribution in [0.15, 0.2) is 0 Å². The number of halogens is 1. The molecule has 0 aromatic rings. The average Bonchev–Trinajstić information content (AvgIpc) is 2.17. The molecule has 2 fully saturated rings. The Morgan fingerprint density at radius 3 is 2.00 bits per heavy atom. The van der Waals surface area contributed by atoms with Gasteiger partial charge in [0, 0.05) is 0 Å². The van der Waals surface area contributed by atoms with Crippen LogP contribution in [0.4, 0.5) is 0 Å². The summed E-state index contributed by atoms with van der Waals surface area (Å²) in [6.07, 6.45) is 2.78. The maximum Gasteiger partial charge on any atom is 0.163 e. The smallest absolute Gasteiger partial charge is 0.163 e. The highest BCUT2D eigenvalue weighted by Crippen LogP contribution is 2.31. The summed E-state index contributed by atoms with van der Waals surface area (Å²) in [5, 5.41) is 3.34. The van der Waals surface area contributed by atoms with Gasteiger partial charge in [-0.3, -0.25) is 0 Å². The first-order chi connectivity index (χ1) is 5.67. The molecule has 0 unspecified atom stereocenters. The predicted molar refractivity (Wildman–Crippen MR) is 53.2 cm³/mol. The first kappa shape index (κ1) is 11.2. The van der Waals surface area contributed by atoms with Crippen molar-refractivity contribution in [1.82, 2.24) is 5.32 Å². The topological polar surface area (TPSA) is 30.5 Å². The molecule has 4 heteroatoms. The van der Waals surface area contributed by atoms with E-state index in [9.17, 15) is 0 Å². The molecule has 0 aromatic heterocycles. The van der Waals surface area contributed by atoms with Crippen molar-refractivity contribution >= 4 is 12.4 Å². The molecule has 2 aliphatic heterocycles. The molecule has 2 heterocycles. The van der Waals surface area contributed by atoms with Crippen LogP contribution in [0, 0.1) is 0 Å². The molecule has 1 N–H and O–H groups in total. The van der Waals surface area contributed by atoms with Crippen LogP contribution in [-0.2, 0) is 9.47 Å². The lowest BCUT2D eigenvalue weighted by Gasteiger charge is -2.17. The number of ether oxygens (including phenoxy) is 2. The van der Waals surface area contributed by atoms with Gasteiger partial charge in [-0.25, -0.2) is 0 Å². The summed E-state index contributed by atoms with van der Waals surface area (Å²) >= 11 is 0. The highest BCUT2D eigenvalue weighted by atomic mass is 35.5. The fourth-order valence-electron chi connectivity index (χ4n) is 2.01. The molecule has 0 radical (unpaired) electrons. The van der Waals surface area contributed by atoms with Gasteiger partial charge in [0.15, 0.2) is 5.79 Å². The van der Waals surface area contributed by atoms with Gasteiger partial charge in [0.1, 0.15) is 0 Å². The summed E-state index contributed by atoms with van der Waals surface area (Å²) in [6.45, 7) is 6.10. The molecule has 2 aliphatic rings. The molecule has 0 spiro atoms. The van der Waals surface area contributed by atoms with Crippen LogP contribution in [0.25, 0.3) is 0 Å². The largest absolute Gasteiger partial charge is 0.345 e. The Labute approximate surface area is 85.6 Å². The minimum absolute atomic E-state index is 0. The fraction of sp³-hybridized carbons (Fsp3) is 1.00. The molecule has 0 aliphatic carbocycles. The Morgan fingerprint density at radius 1 is 1.08 bits per heavy atom. The second kappa shape index (κ2) is 4.13. The molecule has 3 nitrogen and oxygen atoms in total. The number of nitrogens with one attached hydrogen (secondary N) is 1. The van der Waals surface area contributed by atoms with Crippen molar-refractivity contribution < 1.29 is 9.47 Å². The summed E-state index contributed by atoms with van der Waals surface area (Å²) in [6, 6.07) is 0. The van der Waals surface area contributed by atoms with Crippen LogP contribution in [0.3, 0.4) is 0 Å². The van der Waals surface area contributed by atoms with Crippen LogP contribution in [-0.4, -0.2) is 31.1 Å². The van der Waals surface area contributed by atoms with Crippen molar-refractivity contribution in [3.63, 3.8) is 0 Å². The van der Waals surface area contributed by atoms with E-state index in [2.05, 4.69) is 5.32 Å². The minimum Gasteiger partial charge on any atom is -0.345 e. The monoisotopic (exact) mass is 207 g/mol. The van der Waals surface area contributed by atoms with Crippen LogP contribution < -0.4 is 5.32 Å². The summed E-state index contributed by atoms with van der Waals surface area (Å²) in [7, 11) is 0. The van der Waals surface area contributed by atoms with Gasteiger partial charge < -0.3 is 14.8 Å². The molecular formula is C9H18ClNO2. The van der Waals surface area contributed by atoms with Gasteiger partial charge in [0.25, 0.3) is 0 Å². The van der Waals surface area contributed by atoms with Crippen molar-refractivity contribution in [1.29, 1.82) is 0 Å². The Morgan fingerprint density at radius 2 is 1.54 bits per heavy atom. The molecule has 0 aromatic carbocycles. The molecule has 2 atom stereocenters. The first-order valence-electron chi connectivity index (χ1n) is 4.74. The van der Waals surface area contributed by atoms with Crippen LogP contribution in [0.1, 0.15) is 26.7 Å². The van der Waals surface area contributed by atoms with Gasteiger partial charge in [-0.05, 0) is 39.8 Å². The molecule has 13 heavy (non-hydrogen) atoms. The third-order valence-electron chi connectivity index (χ3n) is 2.50. The Hall–Kier alpha value is 0.170. The Kier molecular flexibility index (Phi) is 3.57. The van der Waals surface area contributed by atoms with E-state index in [4.69, 9.17) is 9.47 Å². The van der Waals surface area contributed by atoms with Crippen molar-refractivity contribution in [3.05, 3.63) is 0 Å². The highest BCUT2D eigenvalue weighted by molar-refractivity contribution is 5.85. The molecular weight excluding hydrogens is 190 g/mol. The number of fused-ring (bicyclic) bond motifs is 1. The maximum atomic E-state index is 5.77. The highest BCUT2D eigenvalue weighted by Gasteiger charge is 2.41. The number of rotatable bonds is 0. The normalized spacial score (nSPS) is 37.4. The van der Waals surface area contributed by atoms with E-state index in [1.807, 2.05) is 13.8 Å². The van der Waals surface area contributed by atoms with Gasteiger partial charge in [-0.2, -0.15) is 0 Å². The lowest BCUT2D eigenvalue weighted by atomic mass is 10.1. The summed E-state index contributed by atoms with van der Waals surface area (Å²) in [4.78, 5) is 0. The Bertz CT molecular complexity index is 159. The second-order valence-corrected chi connectivity index (χ2v) is 4.04. The van der Waals surface area contributed by atoms with Gasteiger partial charge in [0.2, 0.25) is 0 Å². The zero-order valence-corrected chi connectivity index (χ0v) is 9.02. The van der Waals surface area contributed by atoms with Gasteiger partial charge in [-0.1, -0.05) is 0 Å². The maximum absolute atomic E-state index is 5.77. The summed E-state index contributed by atoms with van der Waals surface area (Å²) in [5.41, 5.74) is 0. The van der Waals surface area contributed by atoms with Crippen LogP contribution in [0.5, 0.6) is 0 Å². The lowest BCUT2D eigenvalue weighted by Crippen LogP contribution is -2.24. The van der Waals surface area contributed by atoms with Crippen LogP contribution >= 0.6 is 12.4 Å². The second-order valence-electron chi connectivity index (χ2n) is 4.04. The SMILES string of the molecule is CC1(C)O[C@H]2CCNCC[C@H]2O1.Cl. The fourth-order valence-corrected chi connectivity index (χ4v) is 2.01. The summed E-state index contributed by atoms with van der Waals surface area (Å²) in [5.74, 6) is -0.354. The van der Waals surface area contributed by atoms with Gasteiger partial charge in [-0.15, -0.1) is 12.4 Å². The molecule has 78 valence electrons. The Balaban J connectivity index is 0.000000845. The van der Waals surface area contributed by atoms with E-state index in [-0.39, 0.29) is 18.2 Å². The number of hydrogen-bond donors (Lipinski definition) is 1. The van der Waals surface area contributed by atoms with E-state index >= 15 is 0 Å². The van der Waals surface area contributed by atoms with Crippen molar-refractivity contribution in [2.45, 2.75) is 44.7 Å². The lowest BCUT2D eigenvalue weighted by molar-refractivity contribution is -0.147. The van der Waals surface area contributed by atoms with E-state index in [0.29, 0.717) is 12.2 Å². The van der Waals surface area contributed by atoms with E-state index in [0.717, 1.165) is 25.9 Å². The third-order valence-corrected chi connectivity index (χ3v) is 2.50. The molecule has 2 saturated heterocycles. The van der Waals surface area contributed by atoms with Gasteiger partial charge >= 0.3 is 0 Å². The molecule has 0 amide bonds. The molecule has 0 saturated carbocycles. The standard InChI is InChI=1S/C9H17NO2.ClH/c1-9(2)11-7-3-5-10-6-4-8(7)12-9;/h7-8,10H,3-6H2,1-2H3;1H/t7-,8+;. The average molecular weight is 208 g/mol. The van der Waals surface area contributed by atoms with E-state index in [1.54, 1.807) is 0 Å². The predicted octanol–water partition coefficient (Wildman–Crippen LogP) is 1.31. The van der Waals surface area contributed by atoms with Crippen molar-refractivity contribution in [2.75, 3.05) is 13.1 Å². The molecule has 2 rings (SSSR count).